The molecule has 0 radical (unpaired) electrons. The molecular formula is C20H15FN2O3S. The molecule has 4 rings (SSSR count). The van der Waals surface area contributed by atoms with E-state index in [1.165, 1.54) is 29.8 Å². The number of aromatic amines is 1. The minimum atomic E-state index is -0.316. The fraction of sp³-hybridized carbons (Fsp3) is 0.100. The normalized spacial score (nSPS) is 10.9. The average Bonchev–Trinajstić information content (AvgIpc) is 3.09. The molecule has 0 atom stereocenters. The largest absolute Gasteiger partial charge is 0.493 e. The van der Waals surface area contributed by atoms with E-state index in [-0.39, 0.29) is 11.4 Å². The quantitative estimate of drug-likeness (QED) is 0.565. The second-order valence-corrected chi connectivity index (χ2v) is 6.81. The van der Waals surface area contributed by atoms with Gasteiger partial charge in [-0.3, -0.25) is 4.79 Å². The van der Waals surface area contributed by atoms with Crippen LogP contribution in [-0.4, -0.2) is 24.2 Å². The number of hydrogen-bond acceptors (Lipinski definition) is 5. The van der Waals surface area contributed by atoms with Crippen LogP contribution in [0.25, 0.3) is 31.8 Å². The Hall–Kier alpha value is -3.19. The zero-order valence-corrected chi connectivity index (χ0v) is 15.4. The molecule has 2 aromatic heterocycles. The molecule has 7 heteroatoms. The van der Waals surface area contributed by atoms with Gasteiger partial charge in [0.1, 0.15) is 10.5 Å². The van der Waals surface area contributed by atoms with Crippen molar-refractivity contribution in [2.24, 2.45) is 0 Å². The van der Waals surface area contributed by atoms with Crippen molar-refractivity contribution in [1.82, 2.24) is 9.97 Å². The van der Waals surface area contributed by atoms with Crippen molar-refractivity contribution in [3.63, 3.8) is 0 Å². The second kappa shape index (κ2) is 6.85. The van der Waals surface area contributed by atoms with Crippen LogP contribution in [0.1, 0.15) is 0 Å². The summed E-state index contributed by atoms with van der Waals surface area (Å²) in [6.45, 7) is 0. The third-order valence-electron chi connectivity index (χ3n) is 4.26. The molecule has 0 saturated carbocycles. The number of fused-ring (bicyclic) bond motifs is 1. The number of methoxy groups -OCH3 is 2. The topological polar surface area (TPSA) is 64.2 Å². The van der Waals surface area contributed by atoms with Crippen LogP contribution >= 0.6 is 11.3 Å². The van der Waals surface area contributed by atoms with Gasteiger partial charge in [0.25, 0.3) is 5.56 Å². The Morgan fingerprint density at radius 2 is 1.70 bits per heavy atom. The maximum Gasteiger partial charge on any atom is 0.268 e. The predicted molar refractivity (Wildman–Crippen MR) is 104 cm³/mol. The molecule has 1 N–H and O–H groups in total. The van der Waals surface area contributed by atoms with Gasteiger partial charge < -0.3 is 14.5 Å². The number of nitrogens with one attached hydrogen (secondary N) is 1. The number of rotatable bonds is 4. The number of ether oxygens (including phenoxy) is 2. The zero-order valence-electron chi connectivity index (χ0n) is 14.6. The first-order chi connectivity index (χ1) is 13.1. The molecule has 0 saturated heterocycles. The number of hydrogen-bond donors (Lipinski definition) is 1. The van der Waals surface area contributed by atoms with Gasteiger partial charge in [0.05, 0.1) is 26.1 Å². The molecule has 2 heterocycles. The molecule has 0 bridgehead atoms. The van der Waals surface area contributed by atoms with E-state index in [1.54, 1.807) is 32.4 Å². The third-order valence-corrected chi connectivity index (χ3v) is 5.48. The van der Waals surface area contributed by atoms with Crippen LogP contribution < -0.4 is 15.0 Å². The fourth-order valence-corrected chi connectivity index (χ4v) is 4.16. The van der Waals surface area contributed by atoms with Crippen molar-refractivity contribution < 1.29 is 13.9 Å². The van der Waals surface area contributed by atoms with Gasteiger partial charge in [-0.15, -0.1) is 11.3 Å². The summed E-state index contributed by atoms with van der Waals surface area (Å²) >= 11 is 1.33. The lowest BCUT2D eigenvalue weighted by Crippen LogP contribution is -2.03. The molecule has 0 unspecified atom stereocenters. The van der Waals surface area contributed by atoms with E-state index < -0.39 is 0 Å². The van der Waals surface area contributed by atoms with Gasteiger partial charge in [0.2, 0.25) is 0 Å². The number of benzene rings is 2. The van der Waals surface area contributed by atoms with Crippen molar-refractivity contribution in [1.29, 1.82) is 0 Å². The van der Waals surface area contributed by atoms with E-state index in [2.05, 4.69) is 9.97 Å². The highest BCUT2D eigenvalue weighted by molar-refractivity contribution is 7.22. The van der Waals surface area contributed by atoms with E-state index in [4.69, 9.17) is 9.47 Å². The van der Waals surface area contributed by atoms with Crippen LogP contribution in [0.15, 0.2) is 53.6 Å². The Morgan fingerprint density at radius 1 is 1.00 bits per heavy atom. The Morgan fingerprint density at radius 3 is 2.41 bits per heavy atom. The fourth-order valence-electron chi connectivity index (χ4n) is 2.98. The van der Waals surface area contributed by atoms with Crippen LogP contribution in [0, 0.1) is 5.82 Å². The molecule has 0 spiro atoms. The minimum absolute atomic E-state index is 0.208. The standard InChI is InChI=1S/C20H15FN2O3S/c1-25-14-8-5-12(9-15(14)26-2)16-17-19(20(24)23-10-22-17)27-18(16)11-3-6-13(21)7-4-11/h3-10H,1-2H3,(H,22,23,24). The van der Waals surface area contributed by atoms with Gasteiger partial charge in [0, 0.05) is 10.4 Å². The maximum absolute atomic E-state index is 13.4. The lowest BCUT2D eigenvalue weighted by atomic mass is 10.0. The lowest BCUT2D eigenvalue weighted by molar-refractivity contribution is 0.355. The van der Waals surface area contributed by atoms with Crippen molar-refractivity contribution in [2.45, 2.75) is 0 Å². The summed E-state index contributed by atoms with van der Waals surface area (Å²) in [5.74, 6) is 0.864. The zero-order chi connectivity index (χ0) is 19.0. The molecular weight excluding hydrogens is 367 g/mol. The van der Waals surface area contributed by atoms with Gasteiger partial charge in [0.15, 0.2) is 11.5 Å². The van der Waals surface area contributed by atoms with Crippen molar-refractivity contribution in [3.05, 3.63) is 65.0 Å². The van der Waals surface area contributed by atoms with Crippen LogP contribution in [0.5, 0.6) is 11.5 Å². The van der Waals surface area contributed by atoms with Crippen LogP contribution in [0.2, 0.25) is 0 Å². The van der Waals surface area contributed by atoms with Gasteiger partial charge in [-0.2, -0.15) is 0 Å². The number of nitrogens with zero attached hydrogens (tertiary/aromatic N) is 1. The van der Waals surface area contributed by atoms with E-state index in [0.717, 1.165) is 21.6 Å². The summed E-state index contributed by atoms with van der Waals surface area (Å²) in [4.78, 5) is 20.1. The molecule has 4 aromatic rings. The lowest BCUT2D eigenvalue weighted by Gasteiger charge is -2.11. The van der Waals surface area contributed by atoms with Crippen molar-refractivity contribution >= 4 is 21.6 Å². The first kappa shape index (κ1) is 17.2. The second-order valence-electron chi connectivity index (χ2n) is 5.79. The SMILES string of the molecule is COc1ccc(-c2c(-c3ccc(F)cc3)sc3c(=O)[nH]cnc23)cc1OC. The van der Waals surface area contributed by atoms with Gasteiger partial charge in [-0.25, -0.2) is 9.37 Å². The summed E-state index contributed by atoms with van der Waals surface area (Å²) < 4.78 is 24.6. The van der Waals surface area contributed by atoms with E-state index in [1.807, 2.05) is 12.1 Å². The smallest absolute Gasteiger partial charge is 0.268 e. The molecule has 0 fully saturated rings. The number of halogens is 1. The first-order valence-corrected chi connectivity index (χ1v) is 8.92. The summed E-state index contributed by atoms with van der Waals surface area (Å²) in [5.41, 5.74) is 2.82. The van der Waals surface area contributed by atoms with Crippen molar-refractivity contribution in [3.8, 4) is 33.1 Å². The molecule has 0 aliphatic carbocycles. The Bertz CT molecular complexity index is 1180. The monoisotopic (exact) mass is 382 g/mol. The minimum Gasteiger partial charge on any atom is -0.493 e. The summed E-state index contributed by atoms with van der Waals surface area (Å²) in [6, 6.07) is 11.7. The molecule has 27 heavy (non-hydrogen) atoms. The van der Waals surface area contributed by atoms with Crippen molar-refractivity contribution in [2.75, 3.05) is 14.2 Å². The van der Waals surface area contributed by atoms with Crippen LogP contribution in [0.4, 0.5) is 4.39 Å². The highest BCUT2D eigenvalue weighted by Crippen LogP contribution is 2.44. The molecule has 0 amide bonds. The molecule has 0 aliphatic rings. The number of thiophene rings is 1. The Balaban J connectivity index is 2.04. The summed E-state index contributed by atoms with van der Waals surface area (Å²) in [7, 11) is 3.14. The van der Waals surface area contributed by atoms with E-state index in [9.17, 15) is 9.18 Å². The van der Waals surface area contributed by atoms with Gasteiger partial charge >= 0.3 is 0 Å². The summed E-state index contributed by atoms with van der Waals surface area (Å²) in [5, 5.41) is 0. The molecule has 136 valence electrons. The first-order valence-electron chi connectivity index (χ1n) is 8.11. The average molecular weight is 382 g/mol. The third kappa shape index (κ3) is 2.96. The van der Waals surface area contributed by atoms with Gasteiger partial charge in [-0.1, -0.05) is 18.2 Å². The number of aromatic nitrogens is 2. The van der Waals surface area contributed by atoms with E-state index in [0.29, 0.717) is 21.7 Å². The van der Waals surface area contributed by atoms with E-state index >= 15 is 0 Å². The van der Waals surface area contributed by atoms with Crippen LogP contribution in [0.3, 0.4) is 0 Å². The Kier molecular flexibility index (Phi) is 4.37. The molecule has 5 nitrogen and oxygen atoms in total. The summed E-state index contributed by atoms with van der Waals surface area (Å²) in [6.07, 6.45) is 1.39. The predicted octanol–water partition coefficient (Wildman–Crippen LogP) is 4.47. The molecule has 2 aromatic carbocycles. The highest BCUT2D eigenvalue weighted by atomic mass is 32.1. The number of H-pyrrole nitrogens is 1. The van der Waals surface area contributed by atoms with Crippen LogP contribution in [-0.2, 0) is 0 Å². The maximum atomic E-state index is 13.4. The Labute approximate surface area is 158 Å². The van der Waals surface area contributed by atoms with Gasteiger partial charge in [-0.05, 0) is 35.4 Å². The highest BCUT2D eigenvalue weighted by Gasteiger charge is 2.20. The molecule has 0 aliphatic heterocycles.